The molecule has 0 atom stereocenters. The van der Waals surface area contributed by atoms with Gasteiger partial charge in [0.1, 0.15) is 5.75 Å². The second kappa shape index (κ2) is 12.0. The summed E-state index contributed by atoms with van der Waals surface area (Å²) in [7, 11) is 1.67. The molecule has 0 saturated heterocycles. The summed E-state index contributed by atoms with van der Waals surface area (Å²) in [6, 6.07) is 32.7. The molecule has 166 valence electrons. The Kier molecular flexibility index (Phi) is 8.02. The van der Waals surface area contributed by atoms with Crippen molar-refractivity contribution >= 4 is 12.2 Å². The van der Waals surface area contributed by atoms with E-state index < -0.39 is 0 Å². The van der Waals surface area contributed by atoms with E-state index in [2.05, 4.69) is 54.6 Å². The minimum atomic E-state index is 0.799. The predicted octanol–water partition coefficient (Wildman–Crippen LogP) is 8.74. The molecule has 2 nitrogen and oxygen atoms in total. The van der Waals surface area contributed by atoms with Gasteiger partial charge in [-0.2, -0.15) is 0 Å². The van der Waals surface area contributed by atoms with Crippen molar-refractivity contribution in [3.05, 3.63) is 145 Å². The molecule has 0 fully saturated rings. The maximum atomic E-state index is 6.18. The van der Waals surface area contributed by atoms with Crippen LogP contribution in [-0.4, -0.2) is 7.11 Å². The van der Waals surface area contributed by atoms with Gasteiger partial charge in [-0.05, 0) is 35.4 Å². The van der Waals surface area contributed by atoms with E-state index in [4.69, 9.17) is 9.15 Å². The summed E-state index contributed by atoms with van der Waals surface area (Å²) in [4.78, 5) is 0. The zero-order valence-electron chi connectivity index (χ0n) is 19.2. The van der Waals surface area contributed by atoms with Crippen LogP contribution >= 0.6 is 0 Å². The molecule has 0 aliphatic rings. The summed E-state index contributed by atoms with van der Waals surface area (Å²) in [5, 5.41) is 0. The van der Waals surface area contributed by atoms with E-state index in [0.29, 0.717) is 0 Å². The first-order valence-electron chi connectivity index (χ1n) is 11.2. The van der Waals surface area contributed by atoms with E-state index >= 15 is 0 Å². The molecular weight excluding hydrogens is 416 g/mol. The van der Waals surface area contributed by atoms with Gasteiger partial charge in [0.15, 0.2) is 0 Å². The van der Waals surface area contributed by atoms with Gasteiger partial charge in [-0.25, -0.2) is 4.42 Å². The van der Waals surface area contributed by atoms with E-state index in [1.807, 2.05) is 91.1 Å². The molecule has 0 saturated carbocycles. The summed E-state index contributed by atoms with van der Waals surface area (Å²) in [5.74, 6) is 2.50. The van der Waals surface area contributed by atoms with Crippen molar-refractivity contribution in [2.75, 3.05) is 7.11 Å². The second-order valence-corrected chi connectivity index (χ2v) is 7.61. The monoisotopic (exact) mass is 443 g/mol. The lowest BCUT2D eigenvalue weighted by Crippen LogP contribution is -1.84. The van der Waals surface area contributed by atoms with Gasteiger partial charge in [0.25, 0.3) is 0 Å². The minimum Gasteiger partial charge on any atom is -0.497 e. The zero-order valence-corrected chi connectivity index (χ0v) is 19.2. The van der Waals surface area contributed by atoms with Crippen molar-refractivity contribution in [3.63, 3.8) is 0 Å². The topological polar surface area (TPSA) is 20.5 Å². The van der Waals surface area contributed by atoms with E-state index in [-0.39, 0.29) is 0 Å². The average Bonchev–Trinajstić information content (AvgIpc) is 2.91. The standard InChI is InChI=1S/C32H27O2/c1-33-30-22-20-26(21-23-30)14-8-4-2-3-5-13-19-31-24-29(27-15-9-6-10-16-27)25-32(34-31)28-17-11-7-12-18-28/h2-25H,1H3/q+1/b4-2+,5-3+,14-8+,19-13+. The van der Waals surface area contributed by atoms with Crippen molar-refractivity contribution in [3.8, 4) is 28.2 Å². The Bertz CT molecular complexity index is 1240. The van der Waals surface area contributed by atoms with Crippen molar-refractivity contribution in [2.24, 2.45) is 0 Å². The van der Waals surface area contributed by atoms with Gasteiger partial charge in [-0.15, -0.1) is 0 Å². The van der Waals surface area contributed by atoms with Crippen molar-refractivity contribution in [2.45, 2.75) is 0 Å². The van der Waals surface area contributed by atoms with Gasteiger partial charge in [0.05, 0.1) is 24.8 Å². The minimum absolute atomic E-state index is 0.799. The van der Waals surface area contributed by atoms with Crippen LogP contribution in [-0.2, 0) is 0 Å². The first-order valence-corrected chi connectivity index (χ1v) is 11.2. The lowest BCUT2D eigenvalue weighted by Gasteiger charge is -2.00. The van der Waals surface area contributed by atoms with Crippen LogP contribution in [0.15, 0.2) is 138 Å². The fourth-order valence-electron chi connectivity index (χ4n) is 3.43. The second-order valence-electron chi connectivity index (χ2n) is 7.61. The Labute approximate surface area is 201 Å². The smallest absolute Gasteiger partial charge is 0.361 e. The molecule has 1 aromatic heterocycles. The normalized spacial score (nSPS) is 11.8. The molecule has 0 aliphatic heterocycles. The van der Waals surface area contributed by atoms with Gasteiger partial charge < -0.3 is 4.74 Å². The van der Waals surface area contributed by atoms with E-state index in [0.717, 1.165) is 39.5 Å². The molecule has 0 bridgehead atoms. The van der Waals surface area contributed by atoms with Crippen LogP contribution in [0, 0.1) is 0 Å². The van der Waals surface area contributed by atoms with Crippen LogP contribution in [0.2, 0.25) is 0 Å². The van der Waals surface area contributed by atoms with E-state index in [9.17, 15) is 0 Å². The number of ether oxygens (including phenoxy) is 1. The van der Waals surface area contributed by atoms with Gasteiger partial charge in [0.2, 0.25) is 0 Å². The van der Waals surface area contributed by atoms with Gasteiger partial charge in [0, 0.05) is 11.6 Å². The Morgan fingerprint density at radius 2 is 1.15 bits per heavy atom. The maximum absolute atomic E-state index is 6.18. The summed E-state index contributed by atoms with van der Waals surface area (Å²) in [5.41, 5.74) is 4.46. The van der Waals surface area contributed by atoms with Gasteiger partial charge in [-0.1, -0.05) is 103 Å². The summed E-state index contributed by atoms with van der Waals surface area (Å²) < 4.78 is 11.4. The molecule has 0 amide bonds. The molecule has 0 radical (unpaired) electrons. The number of hydrogen-bond acceptors (Lipinski definition) is 1. The third-order valence-corrected chi connectivity index (χ3v) is 5.20. The molecule has 0 N–H and O–H groups in total. The molecule has 34 heavy (non-hydrogen) atoms. The highest BCUT2D eigenvalue weighted by Gasteiger charge is 2.16. The number of allylic oxidation sites excluding steroid dienone is 6. The highest BCUT2D eigenvalue weighted by atomic mass is 16.5. The quantitative estimate of drug-likeness (QED) is 0.200. The largest absolute Gasteiger partial charge is 0.497 e. The van der Waals surface area contributed by atoms with Crippen molar-refractivity contribution in [1.29, 1.82) is 0 Å². The van der Waals surface area contributed by atoms with E-state index in [1.165, 1.54) is 0 Å². The lowest BCUT2D eigenvalue weighted by molar-refractivity contribution is 0.415. The highest BCUT2D eigenvalue weighted by molar-refractivity contribution is 5.71. The van der Waals surface area contributed by atoms with Crippen LogP contribution in [0.4, 0.5) is 0 Å². The van der Waals surface area contributed by atoms with Crippen molar-refractivity contribution in [1.82, 2.24) is 0 Å². The molecule has 1 heterocycles. The summed E-state index contributed by atoms with van der Waals surface area (Å²) in [6.45, 7) is 0. The third-order valence-electron chi connectivity index (χ3n) is 5.20. The Hall–Kier alpha value is -4.43. The van der Waals surface area contributed by atoms with Crippen LogP contribution < -0.4 is 4.74 Å². The third kappa shape index (κ3) is 6.54. The Morgan fingerprint density at radius 1 is 0.559 bits per heavy atom. The number of benzene rings is 3. The number of rotatable bonds is 8. The lowest BCUT2D eigenvalue weighted by atomic mass is 10.0. The van der Waals surface area contributed by atoms with Crippen LogP contribution in [0.3, 0.4) is 0 Å². The van der Waals surface area contributed by atoms with E-state index in [1.54, 1.807) is 7.11 Å². The van der Waals surface area contributed by atoms with Crippen molar-refractivity contribution < 1.29 is 9.15 Å². The molecule has 4 rings (SSSR count). The average molecular weight is 444 g/mol. The van der Waals surface area contributed by atoms with Gasteiger partial charge in [-0.3, -0.25) is 0 Å². The predicted molar refractivity (Wildman–Crippen MR) is 143 cm³/mol. The zero-order chi connectivity index (χ0) is 23.4. The Balaban J connectivity index is 1.45. The molecule has 3 aromatic carbocycles. The fourth-order valence-corrected chi connectivity index (χ4v) is 3.43. The number of hydrogen-bond donors (Lipinski definition) is 0. The summed E-state index contributed by atoms with van der Waals surface area (Å²) in [6.07, 6.45) is 16.0. The first-order chi connectivity index (χ1) is 16.8. The van der Waals surface area contributed by atoms with Gasteiger partial charge >= 0.3 is 11.5 Å². The summed E-state index contributed by atoms with van der Waals surface area (Å²) >= 11 is 0. The Morgan fingerprint density at radius 3 is 1.79 bits per heavy atom. The molecular formula is C32H27O2+. The first kappa shape index (κ1) is 22.8. The molecule has 0 unspecified atom stereocenters. The molecule has 0 spiro atoms. The number of methoxy groups -OCH3 is 1. The molecule has 4 aromatic rings. The maximum Gasteiger partial charge on any atom is 0.361 e. The molecule has 0 aliphatic carbocycles. The van der Waals surface area contributed by atoms with Crippen LogP contribution in [0.5, 0.6) is 5.75 Å². The van der Waals surface area contributed by atoms with Crippen LogP contribution in [0.25, 0.3) is 34.6 Å². The SMILES string of the molecule is COc1ccc(/C=C/C=C/C=C/C=C/c2cc(-c3ccccc3)cc(-c3ccccc3)[o+]2)cc1. The fraction of sp³-hybridized carbons (Fsp3) is 0.0312. The highest BCUT2D eigenvalue weighted by Crippen LogP contribution is 2.28. The van der Waals surface area contributed by atoms with Crippen LogP contribution in [0.1, 0.15) is 11.3 Å². The molecule has 2 heteroatoms.